The number of anilines is 21. The van der Waals surface area contributed by atoms with Crippen molar-refractivity contribution in [3.8, 4) is 0 Å². The van der Waals surface area contributed by atoms with Gasteiger partial charge >= 0.3 is 0 Å². The molecule has 0 aliphatic heterocycles. The van der Waals surface area contributed by atoms with Gasteiger partial charge in [0.2, 0.25) is 0 Å². The summed E-state index contributed by atoms with van der Waals surface area (Å²) < 4.78 is 0. The molecule has 7 heteroatoms. The number of hydrogen-bond donors (Lipinski definition) is 0. The molecule has 0 unspecified atom stereocenters. The highest BCUT2D eigenvalue weighted by Crippen LogP contribution is 2.49. The standard InChI is InChI=1S/C106H77N7/c1-8-32-80(33-9-1)107(87-52-56-89(57-53-87)108(81-34-10-2-11-35-81)91-60-64-93(65-61-91)110(83-38-14-4-15-39-83)95-68-72-97(73-69-95)112(85-42-18-6-19-43-85)105-76-78-30-22-24-46-99(78)101-48-26-28-50-103(101)105)88-54-58-90(59-55-88)109(82-36-12-3-13-37-82)92-62-66-94(67-63-92)111(84-40-16-5-17-41-84)96-70-74-98(75-71-96)113(86-44-20-7-21-45-86)106-77-79-31-23-25-47-100(79)102-49-27-29-51-104(102)106/h1-77H. The van der Waals surface area contributed by atoms with Crippen molar-refractivity contribution in [3.05, 3.63) is 467 Å². The number of nitrogens with zero attached hydrogens (tertiary/aromatic N) is 7. The summed E-state index contributed by atoms with van der Waals surface area (Å²) in [7, 11) is 0. The third kappa shape index (κ3) is 13.6. The molecule has 0 aliphatic carbocycles. The Morgan fingerprint density at radius 3 is 0.425 bits per heavy atom. The molecule has 0 saturated heterocycles. The highest BCUT2D eigenvalue weighted by molar-refractivity contribution is 6.16. The van der Waals surface area contributed by atoms with E-state index in [1.807, 2.05) is 0 Å². The lowest BCUT2D eigenvalue weighted by molar-refractivity contribution is 1.23. The maximum absolute atomic E-state index is 2.39. The van der Waals surface area contributed by atoms with Crippen LogP contribution in [0.15, 0.2) is 467 Å². The van der Waals surface area contributed by atoms with E-state index in [0.717, 1.165) is 119 Å². The van der Waals surface area contributed by atoms with Crippen LogP contribution in [-0.2, 0) is 0 Å². The van der Waals surface area contributed by atoms with E-state index in [9.17, 15) is 0 Å². The molecule has 0 radical (unpaired) electrons. The molecule has 0 aromatic heterocycles. The molecule has 19 rings (SSSR count). The molecule has 19 aromatic rings. The zero-order chi connectivity index (χ0) is 75.2. The van der Waals surface area contributed by atoms with E-state index in [1.54, 1.807) is 0 Å². The normalized spacial score (nSPS) is 11.2. The van der Waals surface area contributed by atoms with Crippen molar-refractivity contribution in [3.63, 3.8) is 0 Å². The first kappa shape index (κ1) is 68.4. The minimum atomic E-state index is 1.03. The predicted molar refractivity (Wildman–Crippen MR) is 479 cm³/mol. The number of rotatable bonds is 21. The molecule has 19 aromatic carbocycles. The second-order valence-corrected chi connectivity index (χ2v) is 28.1. The average molecular weight is 1450 g/mol. The summed E-state index contributed by atoms with van der Waals surface area (Å²) >= 11 is 0. The number of benzene rings is 19. The van der Waals surface area contributed by atoms with Gasteiger partial charge in [-0.25, -0.2) is 0 Å². The Morgan fingerprint density at radius 2 is 0.230 bits per heavy atom. The van der Waals surface area contributed by atoms with Crippen LogP contribution in [0.3, 0.4) is 0 Å². The van der Waals surface area contributed by atoms with Gasteiger partial charge in [-0.3, -0.25) is 0 Å². The fourth-order valence-corrected chi connectivity index (χ4v) is 16.1. The van der Waals surface area contributed by atoms with Gasteiger partial charge in [0, 0.05) is 119 Å². The van der Waals surface area contributed by atoms with Gasteiger partial charge in [-0.2, -0.15) is 0 Å². The quantitative estimate of drug-likeness (QED) is 0.0661. The molecule has 536 valence electrons. The van der Waals surface area contributed by atoms with E-state index in [-0.39, 0.29) is 0 Å². The Balaban J connectivity index is 0.617. The Kier molecular flexibility index (Phi) is 18.6. The van der Waals surface area contributed by atoms with E-state index in [1.165, 1.54) is 43.1 Å². The summed E-state index contributed by atoms with van der Waals surface area (Å²) in [6.07, 6.45) is 0. The van der Waals surface area contributed by atoms with Gasteiger partial charge in [0.05, 0.1) is 11.4 Å². The molecule has 0 heterocycles. The molecule has 7 nitrogen and oxygen atoms in total. The lowest BCUT2D eigenvalue weighted by atomic mass is 9.99. The van der Waals surface area contributed by atoms with Gasteiger partial charge in [-0.15, -0.1) is 0 Å². The average Bonchev–Trinajstić information content (AvgIpc) is 0.765. The number of para-hydroxylation sites is 7. The van der Waals surface area contributed by atoms with Crippen LogP contribution in [0.5, 0.6) is 0 Å². The fourth-order valence-electron chi connectivity index (χ4n) is 16.1. The summed E-state index contributed by atoms with van der Waals surface area (Å²) in [6, 6.07) is 168. The number of hydrogen-bond acceptors (Lipinski definition) is 7. The van der Waals surface area contributed by atoms with Crippen molar-refractivity contribution in [1.29, 1.82) is 0 Å². The lowest BCUT2D eigenvalue weighted by Gasteiger charge is -2.31. The van der Waals surface area contributed by atoms with E-state index >= 15 is 0 Å². The predicted octanol–water partition coefficient (Wildman–Crippen LogP) is 30.6. The van der Waals surface area contributed by atoms with Crippen LogP contribution in [0.1, 0.15) is 0 Å². The van der Waals surface area contributed by atoms with Crippen molar-refractivity contribution in [2.75, 3.05) is 34.3 Å². The second kappa shape index (κ2) is 30.8. The highest BCUT2D eigenvalue weighted by Gasteiger charge is 2.25. The SMILES string of the molecule is c1ccc(N(c2ccc(N(c3ccccc3)c3ccc(N(c4ccccc4)c4ccc(N(c5ccccc5)c5cc6ccccc6c6ccccc56)cc4)cc3)cc2)c2ccc(N(c3ccccc3)c3ccc(N(c4ccccc4)c4ccc(N(c5ccccc5)c5cc6ccccc6c6ccccc56)cc4)cc3)cc2)cc1. The van der Waals surface area contributed by atoms with Crippen LogP contribution in [0.25, 0.3) is 43.1 Å². The van der Waals surface area contributed by atoms with Gasteiger partial charge < -0.3 is 34.3 Å². The molecule has 0 aliphatic rings. The van der Waals surface area contributed by atoms with Crippen molar-refractivity contribution in [2.45, 2.75) is 0 Å². The third-order valence-electron chi connectivity index (χ3n) is 21.3. The summed E-state index contributed by atoms with van der Waals surface area (Å²) in [5.74, 6) is 0. The van der Waals surface area contributed by atoms with Gasteiger partial charge in [0.25, 0.3) is 0 Å². The Bertz CT molecular complexity index is 6070. The van der Waals surface area contributed by atoms with Crippen molar-refractivity contribution in [2.24, 2.45) is 0 Å². The molecule has 0 amide bonds. The first-order valence-corrected chi connectivity index (χ1v) is 38.5. The molecule has 113 heavy (non-hydrogen) atoms. The first-order chi connectivity index (χ1) is 56.1. The zero-order valence-electron chi connectivity index (χ0n) is 62.1. The molecule has 0 spiro atoms. The van der Waals surface area contributed by atoms with Crippen LogP contribution in [0.2, 0.25) is 0 Å². The molecular weight excluding hydrogens is 1370 g/mol. The molecule has 0 N–H and O–H groups in total. The van der Waals surface area contributed by atoms with E-state index in [2.05, 4.69) is 501 Å². The van der Waals surface area contributed by atoms with Crippen LogP contribution in [-0.4, -0.2) is 0 Å². The van der Waals surface area contributed by atoms with Crippen molar-refractivity contribution >= 4 is 163 Å². The monoisotopic (exact) mass is 1450 g/mol. The summed E-state index contributed by atoms with van der Waals surface area (Å²) in [5, 5.41) is 9.73. The maximum Gasteiger partial charge on any atom is 0.0546 e. The molecule has 0 fully saturated rings. The zero-order valence-corrected chi connectivity index (χ0v) is 62.1. The summed E-state index contributed by atoms with van der Waals surface area (Å²) in [5.41, 5.74) is 22.2. The summed E-state index contributed by atoms with van der Waals surface area (Å²) in [6.45, 7) is 0. The second-order valence-electron chi connectivity index (χ2n) is 28.1. The van der Waals surface area contributed by atoms with E-state index in [4.69, 9.17) is 0 Å². The van der Waals surface area contributed by atoms with E-state index < -0.39 is 0 Å². The molecular formula is C106H77N7. The van der Waals surface area contributed by atoms with Gasteiger partial charge in [0.1, 0.15) is 0 Å². The smallest absolute Gasteiger partial charge is 0.0546 e. The summed E-state index contributed by atoms with van der Waals surface area (Å²) in [4.78, 5) is 16.5. The minimum Gasteiger partial charge on any atom is -0.311 e. The van der Waals surface area contributed by atoms with Gasteiger partial charge in [-0.1, -0.05) is 224 Å². The number of fused-ring (bicyclic) bond motifs is 6. The van der Waals surface area contributed by atoms with Crippen molar-refractivity contribution in [1.82, 2.24) is 0 Å². The van der Waals surface area contributed by atoms with Crippen molar-refractivity contribution < 1.29 is 0 Å². The van der Waals surface area contributed by atoms with Gasteiger partial charge in [0.15, 0.2) is 0 Å². The first-order valence-electron chi connectivity index (χ1n) is 38.5. The Hall–Kier alpha value is -15.2. The fraction of sp³-hybridized carbons (Fsp3) is 0. The maximum atomic E-state index is 2.39. The molecule has 0 atom stereocenters. The largest absolute Gasteiger partial charge is 0.311 e. The van der Waals surface area contributed by atoms with Crippen LogP contribution in [0, 0.1) is 0 Å². The lowest BCUT2D eigenvalue weighted by Crippen LogP contribution is -2.14. The van der Waals surface area contributed by atoms with Crippen LogP contribution in [0.4, 0.5) is 119 Å². The Morgan fingerprint density at radius 1 is 0.0973 bits per heavy atom. The Labute approximate surface area is 659 Å². The topological polar surface area (TPSA) is 22.7 Å². The third-order valence-corrected chi connectivity index (χ3v) is 21.3. The minimum absolute atomic E-state index is 1.03. The molecule has 0 saturated carbocycles. The van der Waals surface area contributed by atoms with E-state index in [0.29, 0.717) is 0 Å². The highest BCUT2D eigenvalue weighted by atomic mass is 15.2. The van der Waals surface area contributed by atoms with Gasteiger partial charge in [-0.05, 0) is 275 Å². The molecule has 0 bridgehead atoms. The van der Waals surface area contributed by atoms with Crippen LogP contribution < -0.4 is 34.3 Å². The van der Waals surface area contributed by atoms with Crippen LogP contribution >= 0.6 is 0 Å².